The average Bonchev–Trinajstić information content (AvgIpc) is 3.18. The first-order valence-electron chi connectivity index (χ1n) is 7.95. The summed E-state index contributed by atoms with van der Waals surface area (Å²) in [5.41, 5.74) is 1.64. The van der Waals surface area contributed by atoms with Gasteiger partial charge in [0.25, 0.3) is 5.91 Å². The number of carbonyl (C=O) groups is 2. The highest BCUT2D eigenvalue weighted by Gasteiger charge is 2.10. The van der Waals surface area contributed by atoms with Gasteiger partial charge in [0.15, 0.2) is 5.76 Å². The maximum atomic E-state index is 13.0. The second-order valence-corrected chi connectivity index (χ2v) is 5.97. The van der Waals surface area contributed by atoms with E-state index in [1.165, 1.54) is 18.4 Å². The largest absolute Gasteiger partial charge is 0.459 e. The van der Waals surface area contributed by atoms with E-state index in [0.29, 0.717) is 11.4 Å². The van der Waals surface area contributed by atoms with Gasteiger partial charge in [0.2, 0.25) is 0 Å². The van der Waals surface area contributed by atoms with Crippen molar-refractivity contribution in [1.82, 2.24) is 5.32 Å². The van der Waals surface area contributed by atoms with Crippen LogP contribution in [0.15, 0.2) is 65.3 Å². The molecule has 0 radical (unpaired) electrons. The van der Waals surface area contributed by atoms with Crippen LogP contribution in [0.5, 0.6) is 0 Å². The average molecular weight is 388 g/mol. The van der Waals surface area contributed by atoms with Crippen molar-refractivity contribution >= 4 is 34.9 Å². The van der Waals surface area contributed by atoms with E-state index in [1.54, 1.807) is 36.4 Å². The molecule has 0 fully saturated rings. The van der Waals surface area contributed by atoms with Crippen LogP contribution in [0.4, 0.5) is 20.6 Å². The molecule has 0 saturated carbocycles. The molecule has 0 saturated heterocycles. The van der Waals surface area contributed by atoms with Crippen LogP contribution in [0.2, 0.25) is 5.02 Å². The molecule has 1 heterocycles. The summed E-state index contributed by atoms with van der Waals surface area (Å²) in [6.45, 7) is 0.217. The molecule has 0 bridgehead atoms. The van der Waals surface area contributed by atoms with Gasteiger partial charge < -0.3 is 20.4 Å². The minimum absolute atomic E-state index is 0.104. The third kappa shape index (κ3) is 5.08. The second-order valence-electron chi connectivity index (χ2n) is 5.56. The van der Waals surface area contributed by atoms with Gasteiger partial charge in [0.05, 0.1) is 17.0 Å². The number of benzene rings is 2. The number of anilines is 2. The Bertz CT molecular complexity index is 961. The molecule has 1 aromatic heterocycles. The quantitative estimate of drug-likeness (QED) is 0.596. The number of rotatable bonds is 5. The van der Waals surface area contributed by atoms with Gasteiger partial charge in [-0.15, -0.1) is 0 Å². The Kier molecular flexibility index (Phi) is 5.73. The number of hydrogen-bond donors (Lipinski definition) is 3. The summed E-state index contributed by atoms with van der Waals surface area (Å²) in [6, 6.07) is 13.4. The van der Waals surface area contributed by atoms with Crippen LogP contribution in [0.25, 0.3) is 0 Å². The van der Waals surface area contributed by atoms with E-state index < -0.39 is 11.8 Å². The number of hydrogen-bond acceptors (Lipinski definition) is 3. The van der Waals surface area contributed by atoms with Crippen molar-refractivity contribution in [2.45, 2.75) is 6.54 Å². The minimum Gasteiger partial charge on any atom is -0.459 e. The van der Waals surface area contributed by atoms with E-state index in [1.807, 2.05) is 0 Å². The SMILES string of the molecule is O=C(NCc1cccc(NC(=O)c2ccco2)c1)Nc1ccc(F)cc1Cl. The monoisotopic (exact) mass is 387 g/mol. The lowest BCUT2D eigenvalue weighted by molar-refractivity contribution is 0.0996. The van der Waals surface area contributed by atoms with Gasteiger partial charge in [-0.2, -0.15) is 0 Å². The van der Waals surface area contributed by atoms with E-state index in [9.17, 15) is 14.0 Å². The molecule has 3 amide bonds. The lowest BCUT2D eigenvalue weighted by Crippen LogP contribution is -2.28. The predicted octanol–water partition coefficient (Wildman–Crippen LogP) is 4.65. The summed E-state index contributed by atoms with van der Waals surface area (Å²) in [4.78, 5) is 24.0. The van der Waals surface area contributed by atoms with Crippen molar-refractivity contribution in [3.8, 4) is 0 Å². The standard InChI is InChI=1S/C19H15ClFN3O3/c20-15-10-13(21)6-7-16(15)24-19(26)22-11-12-3-1-4-14(9-12)23-18(25)17-5-2-8-27-17/h1-10H,11H2,(H,23,25)(H2,22,24,26). The highest BCUT2D eigenvalue weighted by Crippen LogP contribution is 2.22. The number of halogens is 2. The molecular weight excluding hydrogens is 373 g/mol. The maximum absolute atomic E-state index is 13.0. The number of urea groups is 1. The van der Waals surface area contributed by atoms with Crippen molar-refractivity contribution in [3.05, 3.63) is 83.0 Å². The van der Waals surface area contributed by atoms with Gasteiger partial charge in [-0.05, 0) is 48.0 Å². The Morgan fingerprint density at radius 1 is 1.04 bits per heavy atom. The second kappa shape index (κ2) is 8.37. The van der Waals surface area contributed by atoms with E-state index in [-0.39, 0.29) is 23.2 Å². The normalized spacial score (nSPS) is 10.3. The smallest absolute Gasteiger partial charge is 0.319 e. The van der Waals surface area contributed by atoms with Crippen LogP contribution in [-0.4, -0.2) is 11.9 Å². The summed E-state index contributed by atoms with van der Waals surface area (Å²) < 4.78 is 18.1. The number of furan rings is 1. The van der Waals surface area contributed by atoms with Gasteiger partial charge in [-0.3, -0.25) is 4.79 Å². The van der Waals surface area contributed by atoms with Crippen molar-refractivity contribution in [2.24, 2.45) is 0 Å². The number of nitrogens with one attached hydrogen (secondary N) is 3. The Labute approximate surface area is 159 Å². The Morgan fingerprint density at radius 2 is 1.89 bits per heavy atom. The molecule has 0 aliphatic rings. The number of carbonyl (C=O) groups excluding carboxylic acids is 2. The molecular formula is C19H15ClFN3O3. The van der Waals surface area contributed by atoms with Crippen molar-refractivity contribution < 1.29 is 18.4 Å². The molecule has 3 aromatic rings. The Morgan fingerprint density at radius 3 is 2.63 bits per heavy atom. The molecule has 0 aliphatic heterocycles. The third-order valence-corrected chi connectivity index (χ3v) is 3.87. The van der Waals surface area contributed by atoms with Crippen molar-refractivity contribution in [3.63, 3.8) is 0 Å². The zero-order valence-electron chi connectivity index (χ0n) is 14.0. The van der Waals surface area contributed by atoms with Crippen molar-refractivity contribution in [1.29, 1.82) is 0 Å². The number of amides is 3. The molecule has 3 rings (SSSR count). The first kappa shape index (κ1) is 18.5. The summed E-state index contributed by atoms with van der Waals surface area (Å²) >= 11 is 5.87. The van der Waals surface area contributed by atoms with Gasteiger partial charge in [-0.25, -0.2) is 9.18 Å². The first-order chi connectivity index (χ1) is 13.0. The van der Waals surface area contributed by atoms with E-state index in [4.69, 9.17) is 16.0 Å². The molecule has 0 unspecified atom stereocenters. The minimum atomic E-state index is -0.492. The molecule has 0 atom stereocenters. The Hall–Kier alpha value is -3.32. The zero-order chi connectivity index (χ0) is 19.2. The summed E-state index contributed by atoms with van der Waals surface area (Å²) in [5.74, 6) is -0.651. The summed E-state index contributed by atoms with van der Waals surface area (Å²) in [5, 5.41) is 8.02. The topological polar surface area (TPSA) is 83.4 Å². The molecule has 0 aliphatic carbocycles. The van der Waals surface area contributed by atoms with Gasteiger partial charge >= 0.3 is 6.03 Å². The van der Waals surface area contributed by atoms with Gasteiger partial charge in [-0.1, -0.05) is 23.7 Å². The Balaban J connectivity index is 1.56. The molecule has 138 valence electrons. The van der Waals surface area contributed by atoms with E-state index >= 15 is 0 Å². The summed E-state index contributed by atoms with van der Waals surface area (Å²) in [7, 11) is 0. The predicted molar refractivity (Wildman–Crippen MR) is 100 cm³/mol. The van der Waals surface area contributed by atoms with Gasteiger partial charge in [0, 0.05) is 12.2 Å². The highest BCUT2D eigenvalue weighted by molar-refractivity contribution is 6.33. The van der Waals surface area contributed by atoms with Crippen molar-refractivity contribution in [2.75, 3.05) is 10.6 Å². The third-order valence-electron chi connectivity index (χ3n) is 3.56. The zero-order valence-corrected chi connectivity index (χ0v) is 14.7. The first-order valence-corrected chi connectivity index (χ1v) is 8.33. The fourth-order valence-electron chi connectivity index (χ4n) is 2.30. The molecule has 2 aromatic carbocycles. The highest BCUT2D eigenvalue weighted by atomic mass is 35.5. The van der Waals surface area contributed by atoms with E-state index in [0.717, 1.165) is 11.6 Å². The fourth-order valence-corrected chi connectivity index (χ4v) is 2.51. The van der Waals surface area contributed by atoms with Crippen LogP contribution >= 0.6 is 11.6 Å². The van der Waals surface area contributed by atoms with Gasteiger partial charge in [0.1, 0.15) is 5.82 Å². The lowest BCUT2D eigenvalue weighted by atomic mass is 10.2. The van der Waals surface area contributed by atoms with E-state index in [2.05, 4.69) is 16.0 Å². The summed E-state index contributed by atoms with van der Waals surface area (Å²) in [6.07, 6.45) is 1.42. The van der Waals surface area contributed by atoms with Crippen LogP contribution < -0.4 is 16.0 Å². The molecule has 0 spiro atoms. The molecule has 8 heteroatoms. The fraction of sp³-hybridized carbons (Fsp3) is 0.0526. The molecule has 6 nitrogen and oxygen atoms in total. The lowest BCUT2D eigenvalue weighted by Gasteiger charge is -2.10. The van der Waals surface area contributed by atoms with Crippen LogP contribution in [0.3, 0.4) is 0 Å². The van der Waals surface area contributed by atoms with Crippen LogP contribution in [0.1, 0.15) is 16.1 Å². The maximum Gasteiger partial charge on any atom is 0.319 e. The molecule has 27 heavy (non-hydrogen) atoms. The van der Waals surface area contributed by atoms with Crippen LogP contribution in [-0.2, 0) is 6.54 Å². The molecule has 3 N–H and O–H groups in total. The van der Waals surface area contributed by atoms with Crippen LogP contribution in [0, 0.1) is 5.82 Å².